The summed E-state index contributed by atoms with van der Waals surface area (Å²) in [5.41, 5.74) is 14.5. The van der Waals surface area contributed by atoms with Crippen molar-refractivity contribution in [3.8, 4) is 11.3 Å². The maximum Gasteiger partial charge on any atom is 0.160 e. The molecule has 1 fully saturated rings. The largest absolute Gasteiger partial charge is 0.366 e. The molecule has 2 aliphatic heterocycles. The van der Waals surface area contributed by atoms with Gasteiger partial charge in [0.2, 0.25) is 0 Å². The Bertz CT molecular complexity index is 1240. The molecular weight excluding hydrogens is 410 g/mol. The van der Waals surface area contributed by atoms with Crippen LogP contribution in [-0.4, -0.2) is 20.8 Å². The van der Waals surface area contributed by atoms with Crippen molar-refractivity contribution in [2.45, 2.75) is 25.0 Å². The van der Waals surface area contributed by atoms with Crippen molar-refractivity contribution in [1.29, 1.82) is 0 Å². The number of hydrazine groups is 1. The number of aromatic nitrogens is 2. The van der Waals surface area contributed by atoms with E-state index in [2.05, 4.69) is 51.2 Å². The maximum atomic E-state index is 6.83. The second-order valence-corrected chi connectivity index (χ2v) is 8.64. The van der Waals surface area contributed by atoms with Crippen LogP contribution in [0, 0.1) is 5.92 Å². The average molecular weight is 436 g/mol. The summed E-state index contributed by atoms with van der Waals surface area (Å²) in [4.78, 5) is 13.7. The summed E-state index contributed by atoms with van der Waals surface area (Å²) >= 11 is 0. The Morgan fingerprint density at radius 1 is 1.06 bits per heavy atom. The first kappa shape index (κ1) is 19.7. The highest BCUT2D eigenvalue weighted by Crippen LogP contribution is 2.41. The number of nitrogens with two attached hydrogens (primary N) is 1. The fourth-order valence-electron chi connectivity index (χ4n) is 4.26. The van der Waals surface area contributed by atoms with Gasteiger partial charge in [0.1, 0.15) is 5.82 Å². The van der Waals surface area contributed by atoms with Gasteiger partial charge in [-0.15, -0.1) is 0 Å². The lowest BCUT2D eigenvalue weighted by atomic mass is 10.00. The van der Waals surface area contributed by atoms with Crippen LogP contribution in [0.15, 0.2) is 102 Å². The second kappa shape index (κ2) is 7.86. The predicted octanol–water partition coefficient (Wildman–Crippen LogP) is 3.41. The molecule has 0 amide bonds. The van der Waals surface area contributed by atoms with E-state index in [0.29, 0.717) is 12.5 Å². The second-order valence-electron chi connectivity index (χ2n) is 8.64. The van der Waals surface area contributed by atoms with Crippen molar-refractivity contribution in [2.24, 2.45) is 16.6 Å². The maximum absolute atomic E-state index is 6.83. The molecule has 0 saturated heterocycles. The molecule has 0 radical (unpaired) electrons. The van der Waals surface area contributed by atoms with Gasteiger partial charge in [-0.2, -0.15) is 0 Å². The molecule has 1 atom stereocenters. The van der Waals surface area contributed by atoms with Gasteiger partial charge in [-0.3, -0.25) is 21.1 Å². The highest BCUT2D eigenvalue weighted by atomic mass is 15.6. The van der Waals surface area contributed by atoms with E-state index in [4.69, 9.17) is 10.7 Å². The van der Waals surface area contributed by atoms with Crippen molar-refractivity contribution in [1.82, 2.24) is 25.7 Å². The Balaban J connectivity index is 1.26. The van der Waals surface area contributed by atoms with E-state index < -0.39 is 5.66 Å². The zero-order valence-electron chi connectivity index (χ0n) is 18.1. The first-order valence-electron chi connectivity index (χ1n) is 11.2. The molecule has 3 aromatic rings. The number of nitrogens with one attached hydrogen (secondary N) is 2. The van der Waals surface area contributed by atoms with E-state index in [1.165, 1.54) is 24.0 Å². The highest BCUT2D eigenvalue weighted by Gasteiger charge is 2.41. The molecule has 4 heterocycles. The Hall–Kier alpha value is -3.97. The molecule has 6 rings (SSSR count). The average Bonchev–Trinajstić information content (AvgIpc) is 3.63. The third kappa shape index (κ3) is 3.76. The Morgan fingerprint density at radius 2 is 1.94 bits per heavy atom. The fourth-order valence-corrected chi connectivity index (χ4v) is 4.26. The standard InChI is InChI=1S/C26H25N7/c27-26(21-4-3-12-28-16-21)14-24(33-25(32-26)22(17-31-33)19-10-11-19)30-15-18-6-8-20(9-7-18)23-5-1-2-13-29-23/h1-9,12-14,16-17,19,30-31H,10-11,15,27H2. The molecular formula is C26H25N7. The van der Waals surface area contributed by atoms with Crippen LogP contribution in [0.4, 0.5) is 0 Å². The van der Waals surface area contributed by atoms with Gasteiger partial charge in [-0.05, 0) is 42.5 Å². The van der Waals surface area contributed by atoms with Crippen molar-refractivity contribution in [3.63, 3.8) is 0 Å². The van der Waals surface area contributed by atoms with Crippen LogP contribution in [0.5, 0.6) is 0 Å². The molecule has 2 aromatic heterocycles. The van der Waals surface area contributed by atoms with Gasteiger partial charge < -0.3 is 5.32 Å². The molecule has 7 heteroatoms. The van der Waals surface area contributed by atoms with Gasteiger partial charge in [0.05, 0.1) is 5.69 Å². The lowest BCUT2D eigenvalue weighted by Crippen LogP contribution is -2.48. The zero-order chi connectivity index (χ0) is 22.3. The van der Waals surface area contributed by atoms with Gasteiger partial charge in [-0.1, -0.05) is 36.4 Å². The fraction of sp³-hybridized carbons (Fsp3) is 0.192. The molecule has 164 valence electrons. The Labute approximate surface area is 192 Å². The van der Waals surface area contributed by atoms with E-state index in [1.807, 2.05) is 47.6 Å². The number of hydrogen-bond acceptors (Lipinski definition) is 7. The first-order valence-corrected chi connectivity index (χ1v) is 11.2. The molecule has 1 aromatic carbocycles. The van der Waals surface area contributed by atoms with Crippen molar-refractivity contribution < 1.29 is 0 Å². The minimum Gasteiger partial charge on any atom is -0.366 e. The topological polar surface area (TPSA) is 91.5 Å². The summed E-state index contributed by atoms with van der Waals surface area (Å²) < 4.78 is 0. The molecule has 7 nitrogen and oxygen atoms in total. The van der Waals surface area contributed by atoms with Crippen molar-refractivity contribution >= 4 is 5.84 Å². The molecule has 1 saturated carbocycles. The number of nitrogens with zero attached hydrogens (tertiary/aromatic N) is 4. The van der Waals surface area contributed by atoms with E-state index >= 15 is 0 Å². The quantitative estimate of drug-likeness (QED) is 0.550. The summed E-state index contributed by atoms with van der Waals surface area (Å²) in [6.07, 6.45) is 11.8. The minimum atomic E-state index is -0.981. The monoisotopic (exact) mass is 435 g/mol. The smallest absolute Gasteiger partial charge is 0.160 e. The van der Waals surface area contributed by atoms with E-state index in [-0.39, 0.29) is 0 Å². The van der Waals surface area contributed by atoms with Gasteiger partial charge in [-0.25, -0.2) is 10.0 Å². The van der Waals surface area contributed by atoms with Gasteiger partial charge in [0, 0.05) is 54.1 Å². The molecule has 1 aliphatic carbocycles. The number of aliphatic imine (C=N–C) groups is 1. The van der Waals surface area contributed by atoms with Crippen LogP contribution in [0.1, 0.15) is 24.0 Å². The Kier molecular flexibility index (Phi) is 4.69. The molecule has 0 spiro atoms. The van der Waals surface area contributed by atoms with E-state index in [9.17, 15) is 0 Å². The third-order valence-corrected chi connectivity index (χ3v) is 6.24. The van der Waals surface area contributed by atoms with Crippen LogP contribution in [0.2, 0.25) is 0 Å². The van der Waals surface area contributed by atoms with Crippen molar-refractivity contribution in [3.05, 3.63) is 108 Å². The van der Waals surface area contributed by atoms with Crippen LogP contribution >= 0.6 is 0 Å². The van der Waals surface area contributed by atoms with Crippen LogP contribution in [0.3, 0.4) is 0 Å². The van der Waals surface area contributed by atoms with Crippen LogP contribution < -0.4 is 16.5 Å². The zero-order valence-corrected chi connectivity index (χ0v) is 18.1. The summed E-state index contributed by atoms with van der Waals surface area (Å²) in [5.74, 6) is 2.32. The number of amidine groups is 1. The first-order chi connectivity index (χ1) is 16.2. The normalized spacial score (nSPS) is 21.5. The SMILES string of the molecule is NC1(c2cccnc2)C=C(NCc2ccc(-c3ccccn3)cc2)N2NC=C(C3CC3)C2=N1. The molecule has 3 aliphatic rings. The van der Waals surface area contributed by atoms with Gasteiger partial charge in [0.25, 0.3) is 0 Å². The van der Waals surface area contributed by atoms with Crippen LogP contribution in [0.25, 0.3) is 11.3 Å². The number of fused-ring (bicyclic) bond motifs is 1. The van der Waals surface area contributed by atoms with Crippen molar-refractivity contribution in [2.75, 3.05) is 0 Å². The lowest BCUT2D eigenvalue weighted by Gasteiger charge is -2.34. The summed E-state index contributed by atoms with van der Waals surface area (Å²) in [7, 11) is 0. The number of benzene rings is 1. The highest BCUT2D eigenvalue weighted by molar-refractivity contribution is 6.02. The minimum absolute atomic E-state index is 0.554. The number of hydrogen-bond donors (Lipinski definition) is 3. The third-order valence-electron chi connectivity index (χ3n) is 6.24. The van der Waals surface area contributed by atoms with E-state index in [1.54, 1.807) is 12.4 Å². The number of pyridine rings is 2. The van der Waals surface area contributed by atoms with E-state index in [0.717, 1.165) is 28.5 Å². The molecule has 1 unspecified atom stereocenters. The number of rotatable bonds is 6. The summed E-state index contributed by atoms with van der Waals surface area (Å²) in [6.45, 7) is 0.654. The van der Waals surface area contributed by atoms with Gasteiger partial charge >= 0.3 is 0 Å². The summed E-state index contributed by atoms with van der Waals surface area (Å²) in [5, 5.41) is 5.57. The Morgan fingerprint density at radius 3 is 2.67 bits per heavy atom. The molecule has 4 N–H and O–H groups in total. The molecule has 33 heavy (non-hydrogen) atoms. The van der Waals surface area contributed by atoms with Gasteiger partial charge in [0.15, 0.2) is 11.5 Å². The van der Waals surface area contributed by atoms with Crippen LogP contribution in [-0.2, 0) is 12.2 Å². The molecule has 0 bridgehead atoms. The summed E-state index contributed by atoms with van der Waals surface area (Å²) in [6, 6.07) is 18.3. The lowest BCUT2D eigenvalue weighted by molar-refractivity contribution is 0.382. The predicted molar refractivity (Wildman–Crippen MR) is 128 cm³/mol.